The fraction of sp³-hybridized carbons (Fsp3) is 0.320. The molecule has 0 bridgehead atoms. The molecule has 172 valence electrons. The maximum Gasteiger partial charge on any atom is 0.234 e. The molecule has 2 heterocycles. The highest BCUT2D eigenvalue weighted by Gasteiger charge is 2.20. The van der Waals surface area contributed by atoms with E-state index >= 15 is 0 Å². The van der Waals surface area contributed by atoms with E-state index in [1.54, 1.807) is 25.3 Å². The Morgan fingerprint density at radius 2 is 1.73 bits per heavy atom. The molecule has 1 aliphatic heterocycles. The average molecular weight is 466 g/mol. The third kappa shape index (κ3) is 5.82. The van der Waals surface area contributed by atoms with E-state index in [-0.39, 0.29) is 17.5 Å². The molecule has 8 heteroatoms. The fourth-order valence-corrected chi connectivity index (χ4v) is 4.44. The van der Waals surface area contributed by atoms with E-state index in [2.05, 4.69) is 57.1 Å². The van der Waals surface area contributed by atoms with Gasteiger partial charge in [0.2, 0.25) is 5.91 Å². The third-order valence-electron chi connectivity index (χ3n) is 5.72. The summed E-state index contributed by atoms with van der Waals surface area (Å²) >= 11 is 1.27. The molecule has 0 radical (unpaired) electrons. The van der Waals surface area contributed by atoms with Crippen LogP contribution in [-0.2, 0) is 4.79 Å². The van der Waals surface area contributed by atoms with Crippen LogP contribution < -0.4 is 15.1 Å². The van der Waals surface area contributed by atoms with Crippen LogP contribution in [0.15, 0.2) is 53.8 Å². The number of halogens is 1. The van der Waals surface area contributed by atoms with Gasteiger partial charge in [0.15, 0.2) is 5.16 Å². The molecular formula is C25H28FN5OS. The van der Waals surface area contributed by atoms with Crippen molar-refractivity contribution >= 4 is 34.9 Å². The molecule has 1 saturated heterocycles. The predicted octanol–water partition coefficient (Wildman–Crippen LogP) is 4.60. The van der Waals surface area contributed by atoms with Gasteiger partial charge in [-0.1, -0.05) is 30.0 Å². The van der Waals surface area contributed by atoms with Crippen LogP contribution >= 0.6 is 11.8 Å². The minimum absolute atomic E-state index is 0.152. The Balaban J connectivity index is 1.32. The first-order chi connectivity index (χ1) is 15.9. The van der Waals surface area contributed by atoms with Crippen LogP contribution in [0.4, 0.5) is 21.6 Å². The minimum atomic E-state index is -0.339. The molecule has 0 saturated carbocycles. The highest BCUT2D eigenvalue weighted by molar-refractivity contribution is 7.99. The van der Waals surface area contributed by atoms with Crippen molar-refractivity contribution in [3.8, 4) is 0 Å². The van der Waals surface area contributed by atoms with Crippen LogP contribution in [0, 0.1) is 26.6 Å². The van der Waals surface area contributed by atoms with Gasteiger partial charge < -0.3 is 15.1 Å². The van der Waals surface area contributed by atoms with Gasteiger partial charge in [-0.2, -0.15) is 0 Å². The first kappa shape index (κ1) is 23.0. The first-order valence-corrected chi connectivity index (χ1v) is 12.0. The van der Waals surface area contributed by atoms with Crippen LogP contribution in [0.2, 0.25) is 0 Å². The summed E-state index contributed by atoms with van der Waals surface area (Å²) in [6.07, 6.45) is 1.73. The average Bonchev–Trinajstić information content (AvgIpc) is 2.82. The molecule has 1 aliphatic rings. The molecule has 1 N–H and O–H groups in total. The molecule has 0 unspecified atom stereocenters. The van der Waals surface area contributed by atoms with Gasteiger partial charge in [0.05, 0.1) is 5.75 Å². The van der Waals surface area contributed by atoms with Crippen LogP contribution in [0.5, 0.6) is 0 Å². The number of piperazine rings is 1. The standard InChI is InChI=1S/C25H28FN5OS/c1-17-4-5-19(3)22(14-17)30-10-12-31(13-11-30)23-8-9-27-25(29-23)33-16-24(32)28-20-7-6-18(2)21(26)15-20/h4-9,14-15H,10-13,16H2,1-3H3,(H,28,32). The van der Waals surface area contributed by atoms with E-state index in [1.165, 1.54) is 34.6 Å². The zero-order valence-electron chi connectivity index (χ0n) is 19.1. The summed E-state index contributed by atoms with van der Waals surface area (Å²) in [7, 11) is 0. The lowest BCUT2D eigenvalue weighted by atomic mass is 10.1. The van der Waals surface area contributed by atoms with Gasteiger partial charge in [-0.25, -0.2) is 14.4 Å². The van der Waals surface area contributed by atoms with Gasteiger partial charge >= 0.3 is 0 Å². The molecule has 4 rings (SSSR count). The molecular weight excluding hydrogens is 437 g/mol. The number of hydrogen-bond acceptors (Lipinski definition) is 6. The molecule has 1 aromatic heterocycles. The van der Waals surface area contributed by atoms with Gasteiger partial charge in [-0.15, -0.1) is 0 Å². The normalized spacial score (nSPS) is 13.8. The lowest BCUT2D eigenvalue weighted by molar-refractivity contribution is -0.113. The first-order valence-electron chi connectivity index (χ1n) is 11.0. The van der Waals surface area contributed by atoms with Crippen molar-refractivity contribution in [3.63, 3.8) is 0 Å². The zero-order chi connectivity index (χ0) is 23.4. The van der Waals surface area contributed by atoms with Crippen molar-refractivity contribution in [2.75, 3.05) is 47.0 Å². The van der Waals surface area contributed by atoms with E-state index in [1.807, 2.05) is 6.07 Å². The second kappa shape index (κ2) is 10.2. The van der Waals surface area contributed by atoms with E-state index in [4.69, 9.17) is 0 Å². The summed E-state index contributed by atoms with van der Waals surface area (Å²) < 4.78 is 13.7. The minimum Gasteiger partial charge on any atom is -0.368 e. The van der Waals surface area contributed by atoms with E-state index < -0.39 is 0 Å². The molecule has 1 fully saturated rings. The number of nitrogens with one attached hydrogen (secondary N) is 1. The number of benzene rings is 2. The summed E-state index contributed by atoms with van der Waals surface area (Å²) in [4.78, 5) is 25.9. The number of hydrogen-bond donors (Lipinski definition) is 1. The maximum atomic E-state index is 13.7. The summed E-state index contributed by atoms with van der Waals surface area (Å²) in [6, 6.07) is 13.1. The largest absolute Gasteiger partial charge is 0.368 e. The topological polar surface area (TPSA) is 61.4 Å². The number of aromatic nitrogens is 2. The molecule has 2 aromatic carbocycles. The number of anilines is 3. The van der Waals surface area contributed by atoms with Gasteiger partial charge in [-0.3, -0.25) is 4.79 Å². The number of nitrogens with zero attached hydrogens (tertiary/aromatic N) is 4. The fourth-order valence-electron chi connectivity index (χ4n) is 3.81. The van der Waals surface area contributed by atoms with Crippen molar-refractivity contribution in [2.24, 2.45) is 0 Å². The summed E-state index contributed by atoms with van der Waals surface area (Å²) in [5.74, 6) is 0.460. The maximum absolute atomic E-state index is 13.7. The van der Waals surface area contributed by atoms with Gasteiger partial charge in [0.1, 0.15) is 11.6 Å². The highest BCUT2D eigenvalue weighted by Crippen LogP contribution is 2.25. The number of amides is 1. The number of rotatable bonds is 6. The second-order valence-corrected chi connectivity index (χ2v) is 9.20. The Labute approximate surface area is 198 Å². The monoisotopic (exact) mass is 465 g/mol. The van der Waals surface area contributed by atoms with Crippen molar-refractivity contribution < 1.29 is 9.18 Å². The van der Waals surface area contributed by atoms with Crippen molar-refractivity contribution in [1.29, 1.82) is 0 Å². The molecule has 33 heavy (non-hydrogen) atoms. The molecule has 1 amide bonds. The number of aryl methyl sites for hydroxylation is 3. The molecule has 6 nitrogen and oxygen atoms in total. The quantitative estimate of drug-likeness (QED) is 0.424. The SMILES string of the molecule is Cc1ccc(C)c(N2CCN(c3ccnc(SCC(=O)Nc4ccc(C)c(F)c4)n3)CC2)c1. The smallest absolute Gasteiger partial charge is 0.234 e. The van der Waals surface area contributed by atoms with Gasteiger partial charge in [0.25, 0.3) is 0 Å². The number of carbonyl (C=O) groups is 1. The predicted molar refractivity (Wildman–Crippen MR) is 133 cm³/mol. The number of carbonyl (C=O) groups excluding carboxylic acids is 1. The third-order valence-corrected chi connectivity index (χ3v) is 6.58. The van der Waals surface area contributed by atoms with Crippen LogP contribution in [0.25, 0.3) is 0 Å². The highest BCUT2D eigenvalue weighted by atomic mass is 32.2. The Bertz CT molecular complexity index is 1150. The summed E-state index contributed by atoms with van der Waals surface area (Å²) in [5.41, 5.74) is 4.85. The Kier molecular flexibility index (Phi) is 7.13. The van der Waals surface area contributed by atoms with Crippen molar-refractivity contribution in [3.05, 3.63) is 71.2 Å². The lowest BCUT2D eigenvalue weighted by Gasteiger charge is -2.37. The number of thioether (sulfide) groups is 1. The van der Waals surface area contributed by atoms with Crippen molar-refractivity contribution in [1.82, 2.24) is 9.97 Å². The van der Waals surface area contributed by atoms with E-state index in [0.717, 1.165) is 32.0 Å². The second-order valence-electron chi connectivity index (χ2n) is 8.26. The molecule has 3 aromatic rings. The van der Waals surface area contributed by atoms with Crippen LogP contribution in [0.1, 0.15) is 16.7 Å². The van der Waals surface area contributed by atoms with Gasteiger partial charge in [-0.05, 0) is 61.7 Å². The van der Waals surface area contributed by atoms with E-state index in [9.17, 15) is 9.18 Å². The lowest BCUT2D eigenvalue weighted by Crippen LogP contribution is -2.47. The molecule has 0 aliphatic carbocycles. The summed E-state index contributed by atoms with van der Waals surface area (Å²) in [6.45, 7) is 9.55. The molecule has 0 spiro atoms. The Morgan fingerprint density at radius 1 is 1.00 bits per heavy atom. The Morgan fingerprint density at radius 3 is 2.48 bits per heavy atom. The Hall–Kier alpha value is -3.13. The van der Waals surface area contributed by atoms with Crippen LogP contribution in [-0.4, -0.2) is 47.8 Å². The molecule has 0 atom stereocenters. The van der Waals surface area contributed by atoms with Crippen LogP contribution in [0.3, 0.4) is 0 Å². The van der Waals surface area contributed by atoms with Crippen molar-refractivity contribution in [2.45, 2.75) is 25.9 Å². The summed E-state index contributed by atoms with van der Waals surface area (Å²) in [5, 5.41) is 3.27. The van der Waals surface area contributed by atoms with E-state index in [0.29, 0.717) is 16.4 Å². The zero-order valence-corrected chi connectivity index (χ0v) is 20.0. The van der Waals surface area contributed by atoms with Gasteiger partial charge in [0, 0.05) is 43.8 Å².